The Hall–Kier alpha value is -3.10. The summed E-state index contributed by atoms with van der Waals surface area (Å²) in [5.41, 5.74) is 0. The summed E-state index contributed by atoms with van der Waals surface area (Å²) < 4.78 is 31.6. The second-order valence-corrected chi connectivity index (χ2v) is 5.66. The Kier molecular flexibility index (Phi) is 7.22. The van der Waals surface area contributed by atoms with E-state index in [0.29, 0.717) is 11.5 Å². The van der Waals surface area contributed by atoms with Gasteiger partial charge in [-0.2, -0.15) is 0 Å². The highest BCUT2D eigenvalue weighted by Crippen LogP contribution is 2.15. The van der Waals surface area contributed by atoms with Crippen LogP contribution in [-0.4, -0.2) is 50.9 Å². The highest BCUT2D eigenvalue weighted by molar-refractivity contribution is 5.72. The van der Waals surface area contributed by atoms with E-state index in [1.807, 2.05) is 12.1 Å². The zero-order valence-electron chi connectivity index (χ0n) is 15.0. The molecule has 2 atom stereocenters. The average Bonchev–Trinajstić information content (AvgIpc) is 2.74. The van der Waals surface area contributed by atoms with Gasteiger partial charge in [-0.15, -0.1) is 0 Å². The van der Waals surface area contributed by atoms with E-state index >= 15 is 0 Å². The first-order valence-electron chi connectivity index (χ1n) is 8.68. The molecule has 0 aliphatic carbocycles. The van der Waals surface area contributed by atoms with Crippen molar-refractivity contribution in [1.29, 1.82) is 0 Å². The van der Waals surface area contributed by atoms with Crippen molar-refractivity contribution in [2.75, 3.05) is 26.4 Å². The fourth-order valence-corrected chi connectivity index (χ4v) is 2.31. The molecule has 0 saturated carbocycles. The quantitative estimate of drug-likeness (QED) is 0.634. The van der Waals surface area contributed by atoms with E-state index in [1.165, 1.54) is 0 Å². The van der Waals surface area contributed by atoms with E-state index in [-0.39, 0.29) is 26.4 Å². The number of benzene rings is 2. The van der Waals surface area contributed by atoms with Crippen LogP contribution in [-0.2, 0) is 28.5 Å². The van der Waals surface area contributed by atoms with Gasteiger partial charge in [0.25, 0.3) is 12.6 Å². The third kappa shape index (κ3) is 6.26. The van der Waals surface area contributed by atoms with Crippen LogP contribution < -0.4 is 9.47 Å². The zero-order valence-corrected chi connectivity index (χ0v) is 15.0. The third-order valence-corrected chi connectivity index (χ3v) is 3.56. The summed E-state index contributed by atoms with van der Waals surface area (Å²) in [6.07, 6.45) is -2.36. The van der Waals surface area contributed by atoms with E-state index < -0.39 is 24.5 Å². The maximum Gasteiger partial charge on any atom is 0.346 e. The molecule has 0 N–H and O–H groups in total. The smallest absolute Gasteiger partial charge is 0.346 e. The number of ether oxygens (including phenoxy) is 6. The van der Waals surface area contributed by atoms with Gasteiger partial charge < -0.3 is 28.4 Å². The van der Waals surface area contributed by atoms with Crippen LogP contribution >= 0.6 is 0 Å². The monoisotopic (exact) mass is 388 g/mol. The number of esters is 2. The predicted molar refractivity (Wildman–Crippen MR) is 95.5 cm³/mol. The molecule has 2 aromatic rings. The first kappa shape index (κ1) is 19.7. The Morgan fingerprint density at radius 1 is 0.714 bits per heavy atom. The number of para-hydroxylation sites is 2. The summed E-state index contributed by atoms with van der Waals surface area (Å²) in [6, 6.07) is 17.7. The minimum atomic E-state index is -1.18. The largest absolute Gasteiger partial charge is 0.482 e. The Morgan fingerprint density at radius 2 is 1.11 bits per heavy atom. The molecule has 1 aliphatic rings. The molecule has 2 aromatic carbocycles. The van der Waals surface area contributed by atoms with E-state index in [2.05, 4.69) is 0 Å². The molecule has 3 rings (SSSR count). The van der Waals surface area contributed by atoms with Crippen molar-refractivity contribution < 1.29 is 38.0 Å². The summed E-state index contributed by atoms with van der Waals surface area (Å²) in [7, 11) is 0. The average molecular weight is 388 g/mol. The molecule has 0 aromatic heterocycles. The molecular formula is C20H20O8. The van der Waals surface area contributed by atoms with Crippen molar-refractivity contribution in [2.45, 2.75) is 12.6 Å². The highest BCUT2D eigenvalue weighted by Gasteiger charge is 2.34. The lowest BCUT2D eigenvalue weighted by molar-refractivity contribution is -0.303. The Morgan fingerprint density at radius 3 is 1.50 bits per heavy atom. The van der Waals surface area contributed by atoms with Gasteiger partial charge in [0.2, 0.25) is 0 Å². The normalized spacial score (nSPS) is 18.7. The van der Waals surface area contributed by atoms with Gasteiger partial charge in [-0.1, -0.05) is 36.4 Å². The van der Waals surface area contributed by atoms with E-state index in [1.54, 1.807) is 48.5 Å². The summed E-state index contributed by atoms with van der Waals surface area (Å²) in [5, 5.41) is 0. The van der Waals surface area contributed by atoms with Crippen molar-refractivity contribution in [3.8, 4) is 11.5 Å². The topological polar surface area (TPSA) is 89.5 Å². The van der Waals surface area contributed by atoms with Crippen molar-refractivity contribution in [1.82, 2.24) is 0 Å². The van der Waals surface area contributed by atoms with Gasteiger partial charge in [-0.25, -0.2) is 9.59 Å². The molecule has 148 valence electrons. The molecule has 0 amide bonds. The lowest BCUT2D eigenvalue weighted by Crippen LogP contribution is -2.45. The van der Waals surface area contributed by atoms with Crippen LogP contribution in [0.3, 0.4) is 0 Å². The van der Waals surface area contributed by atoms with Gasteiger partial charge in [-0.3, -0.25) is 0 Å². The van der Waals surface area contributed by atoms with E-state index in [0.717, 1.165) is 0 Å². The molecule has 1 aliphatic heterocycles. The number of hydrogen-bond donors (Lipinski definition) is 0. The molecule has 0 spiro atoms. The van der Waals surface area contributed by atoms with Crippen LogP contribution in [0.1, 0.15) is 0 Å². The highest BCUT2D eigenvalue weighted by atomic mass is 16.8. The van der Waals surface area contributed by atoms with E-state index in [4.69, 9.17) is 28.4 Å². The Balaban J connectivity index is 1.45. The number of hydrogen-bond acceptors (Lipinski definition) is 8. The molecule has 1 fully saturated rings. The van der Waals surface area contributed by atoms with Crippen LogP contribution in [0.5, 0.6) is 11.5 Å². The molecule has 0 unspecified atom stereocenters. The molecule has 8 heteroatoms. The summed E-state index contributed by atoms with van der Waals surface area (Å²) in [6.45, 7) is -0.235. The SMILES string of the molecule is O=C(COc1ccccc1)O[C@H]1OCCO[C@@H]1OC(=O)COc1ccccc1. The van der Waals surface area contributed by atoms with Gasteiger partial charge >= 0.3 is 11.9 Å². The summed E-state index contributed by atoms with van der Waals surface area (Å²) >= 11 is 0. The van der Waals surface area contributed by atoms with Crippen LogP contribution in [0, 0.1) is 0 Å². The maximum absolute atomic E-state index is 12.0. The van der Waals surface area contributed by atoms with Crippen LogP contribution in [0.25, 0.3) is 0 Å². The maximum atomic E-state index is 12.0. The van der Waals surface area contributed by atoms with Crippen molar-refractivity contribution >= 4 is 11.9 Å². The third-order valence-electron chi connectivity index (χ3n) is 3.56. The molecule has 1 saturated heterocycles. The minimum absolute atomic E-state index is 0.200. The van der Waals surface area contributed by atoms with Gasteiger partial charge in [0.05, 0.1) is 13.2 Å². The first-order valence-corrected chi connectivity index (χ1v) is 8.68. The number of carbonyl (C=O) groups is 2. The van der Waals surface area contributed by atoms with Crippen molar-refractivity contribution in [3.63, 3.8) is 0 Å². The fraction of sp³-hybridized carbons (Fsp3) is 0.300. The van der Waals surface area contributed by atoms with Gasteiger partial charge in [0, 0.05) is 0 Å². The summed E-state index contributed by atoms with van der Waals surface area (Å²) in [5.74, 6) is -0.301. The second-order valence-electron chi connectivity index (χ2n) is 5.66. The molecular weight excluding hydrogens is 368 g/mol. The van der Waals surface area contributed by atoms with E-state index in [9.17, 15) is 9.59 Å². The Bertz CT molecular complexity index is 684. The Labute approximate surface area is 161 Å². The van der Waals surface area contributed by atoms with Crippen LogP contribution in [0.4, 0.5) is 0 Å². The number of carbonyl (C=O) groups excluding carboxylic acids is 2. The predicted octanol–water partition coefficient (Wildman–Crippen LogP) is 1.93. The van der Waals surface area contributed by atoms with Gasteiger partial charge in [0.15, 0.2) is 13.2 Å². The standard InChI is InChI=1S/C20H20O8/c21-17(13-25-15-7-3-1-4-8-15)27-19-20(24-12-11-23-19)28-18(22)14-26-16-9-5-2-6-10-16/h1-10,19-20H,11-14H2/t19-,20-/m1/s1. The molecule has 8 nitrogen and oxygen atoms in total. The lowest BCUT2D eigenvalue weighted by Gasteiger charge is -2.30. The van der Waals surface area contributed by atoms with Crippen molar-refractivity contribution in [3.05, 3.63) is 60.7 Å². The fourth-order valence-electron chi connectivity index (χ4n) is 2.31. The molecule has 0 radical (unpaired) electrons. The number of rotatable bonds is 8. The molecule has 1 heterocycles. The molecule has 0 bridgehead atoms. The second kappa shape index (κ2) is 10.3. The van der Waals surface area contributed by atoms with Gasteiger partial charge in [0.1, 0.15) is 11.5 Å². The zero-order chi connectivity index (χ0) is 19.6. The van der Waals surface area contributed by atoms with Crippen LogP contribution in [0.15, 0.2) is 60.7 Å². The molecule has 28 heavy (non-hydrogen) atoms. The van der Waals surface area contributed by atoms with Gasteiger partial charge in [-0.05, 0) is 24.3 Å². The minimum Gasteiger partial charge on any atom is -0.482 e. The van der Waals surface area contributed by atoms with Crippen LogP contribution in [0.2, 0.25) is 0 Å². The summed E-state index contributed by atoms with van der Waals surface area (Å²) in [4.78, 5) is 24.0. The van der Waals surface area contributed by atoms with Crippen molar-refractivity contribution in [2.24, 2.45) is 0 Å². The lowest BCUT2D eigenvalue weighted by atomic mass is 10.3. The first-order chi connectivity index (χ1) is 13.7.